The molecule has 0 saturated carbocycles. The maximum absolute atomic E-state index is 14.2. The fourth-order valence-electron chi connectivity index (χ4n) is 4.95. The minimum absolute atomic E-state index is 0.0824. The van der Waals surface area contributed by atoms with Crippen molar-refractivity contribution in [2.75, 3.05) is 19.6 Å². The first-order valence-electron chi connectivity index (χ1n) is 11.0. The van der Waals surface area contributed by atoms with Crippen LogP contribution in [-0.4, -0.2) is 39.2 Å². The van der Waals surface area contributed by atoms with Crippen LogP contribution in [0.4, 0.5) is 8.78 Å². The number of benzene rings is 1. The van der Waals surface area contributed by atoms with Gasteiger partial charge in [-0.2, -0.15) is 0 Å². The molecule has 164 valence electrons. The van der Waals surface area contributed by atoms with E-state index in [1.54, 1.807) is 6.07 Å². The number of halogens is 2. The molecular weight excluding hydrogens is 402 g/mol. The van der Waals surface area contributed by atoms with Gasteiger partial charge in [0.25, 0.3) is 5.56 Å². The summed E-state index contributed by atoms with van der Waals surface area (Å²) in [7, 11) is 0. The van der Waals surface area contributed by atoms with E-state index >= 15 is 0 Å². The van der Waals surface area contributed by atoms with Crippen molar-refractivity contribution >= 4 is 11.0 Å². The lowest BCUT2D eigenvalue weighted by molar-refractivity contribution is 0.210. The van der Waals surface area contributed by atoms with E-state index < -0.39 is 6.17 Å². The lowest BCUT2D eigenvalue weighted by Crippen LogP contribution is -2.37. The summed E-state index contributed by atoms with van der Waals surface area (Å²) in [6.07, 6.45) is 2.46. The molecule has 6 nitrogen and oxygen atoms in total. The van der Waals surface area contributed by atoms with E-state index in [-0.39, 0.29) is 23.1 Å². The Labute approximate surface area is 178 Å². The third-order valence-corrected chi connectivity index (χ3v) is 6.73. The van der Waals surface area contributed by atoms with Crippen molar-refractivity contribution in [1.29, 1.82) is 0 Å². The molecular formula is C23H26F2N4O2. The summed E-state index contributed by atoms with van der Waals surface area (Å²) in [5.41, 5.74) is 2.66. The van der Waals surface area contributed by atoms with Gasteiger partial charge in [0.2, 0.25) is 0 Å². The molecule has 0 aliphatic carbocycles. The minimum Gasteiger partial charge on any atom is -0.356 e. The number of aryl methyl sites for hydroxylation is 1. The van der Waals surface area contributed by atoms with Crippen molar-refractivity contribution in [2.24, 2.45) is 0 Å². The van der Waals surface area contributed by atoms with Crippen LogP contribution in [-0.2, 0) is 13.0 Å². The van der Waals surface area contributed by atoms with E-state index in [1.807, 2.05) is 6.92 Å². The highest BCUT2D eigenvalue weighted by atomic mass is 19.1. The van der Waals surface area contributed by atoms with E-state index in [9.17, 15) is 13.6 Å². The summed E-state index contributed by atoms with van der Waals surface area (Å²) >= 11 is 0. The van der Waals surface area contributed by atoms with Crippen molar-refractivity contribution in [3.63, 3.8) is 0 Å². The van der Waals surface area contributed by atoms with Crippen molar-refractivity contribution in [2.45, 2.75) is 57.7 Å². The predicted octanol–water partition coefficient (Wildman–Crippen LogP) is 4.06. The van der Waals surface area contributed by atoms with E-state index in [0.29, 0.717) is 42.6 Å². The molecule has 1 unspecified atom stereocenters. The number of rotatable bonds is 4. The van der Waals surface area contributed by atoms with Gasteiger partial charge in [-0.15, -0.1) is 0 Å². The van der Waals surface area contributed by atoms with Gasteiger partial charge in [-0.3, -0.25) is 9.36 Å². The zero-order valence-electron chi connectivity index (χ0n) is 17.6. The van der Waals surface area contributed by atoms with Crippen LogP contribution in [0, 0.1) is 12.7 Å². The highest BCUT2D eigenvalue weighted by Crippen LogP contribution is 2.33. The van der Waals surface area contributed by atoms with Gasteiger partial charge in [-0.25, -0.2) is 13.8 Å². The molecule has 1 saturated heterocycles. The fraction of sp³-hybridized carbons (Fsp3) is 0.522. The molecule has 2 aromatic heterocycles. The maximum atomic E-state index is 14.2. The highest BCUT2D eigenvalue weighted by molar-refractivity contribution is 5.79. The van der Waals surface area contributed by atoms with Crippen LogP contribution >= 0.6 is 0 Å². The van der Waals surface area contributed by atoms with E-state index in [2.05, 4.69) is 15.0 Å². The normalized spacial score (nSPS) is 20.3. The first-order valence-corrected chi connectivity index (χ1v) is 11.0. The number of likely N-dealkylation sites (tertiary alicyclic amines) is 1. The second-order valence-electron chi connectivity index (χ2n) is 8.67. The first-order chi connectivity index (χ1) is 15.0. The van der Waals surface area contributed by atoms with Gasteiger partial charge in [0.1, 0.15) is 11.6 Å². The SMILES string of the molecule is Cc1nc2n(c(=O)c1CCN1CCC(c3noc4cc(F)ccc34)CC1)CCCC2F. The second kappa shape index (κ2) is 8.15. The van der Waals surface area contributed by atoms with E-state index in [0.717, 1.165) is 43.6 Å². The molecule has 31 heavy (non-hydrogen) atoms. The molecule has 0 amide bonds. The van der Waals surface area contributed by atoms with Crippen LogP contribution in [0.5, 0.6) is 0 Å². The Bertz CT molecular complexity index is 1160. The van der Waals surface area contributed by atoms with Crippen LogP contribution in [0.15, 0.2) is 27.5 Å². The highest BCUT2D eigenvalue weighted by Gasteiger charge is 2.27. The van der Waals surface area contributed by atoms with Crippen molar-refractivity contribution < 1.29 is 13.3 Å². The van der Waals surface area contributed by atoms with Crippen LogP contribution in [0.1, 0.15) is 60.5 Å². The standard InChI is InChI=1S/C23H26F2N4O2/c1-14-17(23(30)29-9-2-3-19(25)22(29)26-14)8-12-28-10-6-15(7-11-28)21-18-5-4-16(24)13-20(18)31-27-21/h4-5,13,15,19H,2-3,6-12H2,1H3. The molecule has 1 aromatic carbocycles. The Balaban J connectivity index is 1.24. The summed E-state index contributed by atoms with van der Waals surface area (Å²) in [5.74, 6) is 0.246. The smallest absolute Gasteiger partial charge is 0.257 e. The summed E-state index contributed by atoms with van der Waals surface area (Å²) in [4.78, 5) is 19.7. The number of piperidine rings is 1. The summed E-state index contributed by atoms with van der Waals surface area (Å²) in [6.45, 7) is 4.92. The van der Waals surface area contributed by atoms with Crippen molar-refractivity contribution in [3.05, 3.63) is 57.1 Å². The van der Waals surface area contributed by atoms with Crippen molar-refractivity contribution in [1.82, 2.24) is 19.6 Å². The number of fused-ring (bicyclic) bond motifs is 2. The molecule has 1 fully saturated rings. The topological polar surface area (TPSA) is 64.2 Å². The largest absolute Gasteiger partial charge is 0.356 e. The Morgan fingerprint density at radius 2 is 2.00 bits per heavy atom. The minimum atomic E-state index is -1.14. The van der Waals surface area contributed by atoms with Crippen LogP contribution in [0.3, 0.4) is 0 Å². The molecule has 4 heterocycles. The summed E-state index contributed by atoms with van der Waals surface area (Å²) in [5, 5.41) is 5.09. The van der Waals surface area contributed by atoms with Gasteiger partial charge >= 0.3 is 0 Å². The lowest BCUT2D eigenvalue weighted by atomic mass is 9.91. The Morgan fingerprint density at radius 1 is 1.19 bits per heavy atom. The molecule has 8 heteroatoms. The van der Waals surface area contributed by atoms with Crippen LogP contribution < -0.4 is 5.56 Å². The van der Waals surface area contributed by atoms with Gasteiger partial charge in [0.05, 0.1) is 5.69 Å². The Hall–Kier alpha value is -2.61. The summed E-state index contributed by atoms with van der Waals surface area (Å²) < 4.78 is 34.4. The van der Waals surface area contributed by atoms with Gasteiger partial charge in [0, 0.05) is 41.7 Å². The van der Waals surface area contributed by atoms with Gasteiger partial charge in [0.15, 0.2) is 11.8 Å². The molecule has 1 atom stereocenters. The van der Waals surface area contributed by atoms with Gasteiger partial charge in [-0.1, -0.05) is 5.16 Å². The Kier molecular flexibility index (Phi) is 5.33. The third-order valence-electron chi connectivity index (χ3n) is 6.73. The number of hydrogen-bond acceptors (Lipinski definition) is 5. The van der Waals surface area contributed by atoms with Gasteiger partial charge < -0.3 is 9.42 Å². The average molecular weight is 428 g/mol. The van der Waals surface area contributed by atoms with E-state index in [1.165, 1.54) is 16.7 Å². The average Bonchev–Trinajstić information content (AvgIpc) is 3.18. The third kappa shape index (κ3) is 3.78. The molecule has 5 rings (SSSR count). The number of alkyl halides is 1. The number of hydrogen-bond donors (Lipinski definition) is 0. The monoisotopic (exact) mass is 428 g/mol. The van der Waals surface area contributed by atoms with Crippen LogP contribution in [0.25, 0.3) is 11.0 Å². The zero-order valence-corrected chi connectivity index (χ0v) is 17.6. The number of aromatic nitrogens is 3. The van der Waals surface area contributed by atoms with Crippen molar-refractivity contribution in [3.8, 4) is 0 Å². The molecule has 0 bridgehead atoms. The van der Waals surface area contributed by atoms with Crippen LogP contribution in [0.2, 0.25) is 0 Å². The molecule has 0 radical (unpaired) electrons. The molecule has 3 aromatic rings. The molecule has 2 aliphatic rings. The zero-order chi connectivity index (χ0) is 21.5. The summed E-state index contributed by atoms with van der Waals surface area (Å²) in [6, 6.07) is 4.56. The second-order valence-corrected chi connectivity index (χ2v) is 8.67. The molecule has 0 N–H and O–H groups in total. The quantitative estimate of drug-likeness (QED) is 0.627. The Morgan fingerprint density at radius 3 is 2.81 bits per heavy atom. The maximum Gasteiger partial charge on any atom is 0.257 e. The molecule has 2 aliphatic heterocycles. The lowest BCUT2D eigenvalue weighted by Gasteiger charge is -2.31. The fourth-order valence-corrected chi connectivity index (χ4v) is 4.95. The first kappa shape index (κ1) is 20.3. The predicted molar refractivity (Wildman–Crippen MR) is 112 cm³/mol. The molecule has 0 spiro atoms. The van der Waals surface area contributed by atoms with E-state index in [4.69, 9.17) is 4.52 Å². The number of nitrogens with zero attached hydrogens (tertiary/aromatic N) is 4. The van der Waals surface area contributed by atoms with Gasteiger partial charge in [-0.05, 0) is 64.3 Å².